The Morgan fingerprint density at radius 3 is 2.00 bits per heavy atom. The molecule has 0 aliphatic heterocycles. The molecule has 0 saturated heterocycles. The Labute approximate surface area is 170 Å². The molecule has 0 aromatic rings. The SMILES string of the molecule is C#COC(=O)C(C)(CC(C)(C)C(=O)OC)CC(C)(CC)C(=O)OCCN(C)C.[HH]. The van der Waals surface area contributed by atoms with Gasteiger partial charge in [0.1, 0.15) is 12.7 Å². The summed E-state index contributed by atoms with van der Waals surface area (Å²) >= 11 is 0. The number of rotatable bonds is 11. The lowest BCUT2D eigenvalue weighted by Crippen LogP contribution is -2.44. The lowest BCUT2D eigenvalue weighted by Gasteiger charge is -2.39. The number of carbonyl (C=O) groups is 3. The molecule has 0 spiro atoms. The van der Waals surface area contributed by atoms with E-state index in [2.05, 4.69) is 0 Å². The smallest absolute Gasteiger partial charge is 0.325 e. The first-order valence-electron chi connectivity index (χ1n) is 9.35. The van der Waals surface area contributed by atoms with Crippen LogP contribution in [-0.2, 0) is 28.6 Å². The average molecular weight is 400 g/mol. The third kappa shape index (κ3) is 7.16. The number of terminal acetylenes is 1. The number of methoxy groups -OCH3 is 1. The first kappa shape index (κ1) is 25.9. The van der Waals surface area contributed by atoms with Gasteiger partial charge >= 0.3 is 17.9 Å². The van der Waals surface area contributed by atoms with Gasteiger partial charge in [-0.25, -0.2) is 0 Å². The molecule has 0 aromatic carbocycles. The van der Waals surface area contributed by atoms with Crippen molar-refractivity contribution in [2.75, 3.05) is 34.4 Å². The highest BCUT2D eigenvalue weighted by molar-refractivity contribution is 5.83. The van der Waals surface area contributed by atoms with Crippen LogP contribution in [0.4, 0.5) is 0 Å². The summed E-state index contributed by atoms with van der Waals surface area (Å²) in [6.45, 7) is 9.46. The number of hydrogen-bond donors (Lipinski definition) is 0. The molecule has 0 radical (unpaired) electrons. The average Bonchev–Trinajstić information content (AvgIpc) is 2.59. The van der Waals surface area contributed by atoms with Gasteiger partial charge in [-0.2, -0.15) is 0 Å². The summed E-state index contributed by atoms with van der Waals surface area (Å²) in [6, 6.07) is 0. The molecule has 7 heteroatoms. The molecular formula is C21H37NO6. The van der Waals surface area contributed by atoms with Gasteiger partial charge in [-0.05, 0) is 61.1 Å². The molecule has 7 nitrogen and oxygen atoms in total. The number of likely N-dealkylation sites (N-methyl/N-ethyl adjacent to an activating group) is 1. The second-order valence-corrected chi connectivity index (χ2v) is 8.65. The molecule has 0 saturated carbocycles. The number of carbonyl (C=O) groups excluding carboxylic acids is 3. The summed E-state index contributed by atoms with van der Waals surface area (Å²) in [5, 5.41) is 0. The maximum atomic E-state index is 12.8. The van der Waals surface area contributed by atoms with Gasteiger partial charge in [0.2, 0.25) is 0 Å². The Hall–Kier alpha value is -2.07. The number of ether oxygens (including phenoxy) is 3. The standard InChI is InChI=1S/C21H35NO6.H2/c1-10-20(5,17(24)28-13-12-22(7)8)15-21(6,18(25)27-11-2)14-19(3,4)16(23)26-9;/h2H,10,12-15H2,1,3-9H3;1H. The molecule has 0 bridgehead atoms. The Kier molecular flexibility index (Phi) is 9.69. The van der Waals surface area contributed by atoms with E-state index in [0.29, 0.717) is 13.0 Å². The van der Waals surface area contributed by atoms with Crippen molar-refractivity contribution in [1.29, 1.82) is 0 Å². The van der Waals surface area contributed by atoms with Gasteiger partial charge < -0.3 is 19.1 Å². The number of hydrogen-bond acceptors (Lipinski definition) is 7. The van der Waals surface area contributed by atoms with Crippen molar-refractivity contribution >= 4 is 17.9 Å². The molecule has 162 valence electrons. The summed E-state index contributed by atoms with van der Waals surface area (Å²) in [5.74, 6) is -1.51. The van der Waals surface area contributed by atoms with Crippen molar-refractivity contribution in [3.8, 4) is 12.5 Å². The molecule has 0 aliphatic carbocycles. The third-order valence-electron chi connectivity index (χ3n) is 5.04. The van der Waals surface area contributed by atoms with Gasteiger partial charge in [0.15, 0.2) is 0 Å². The highest BCUT2D eigenvalue weighted by atomic mass is 16.5. The monoisotopic (exact) mass is 399 g/mol. The molecule has 0 N–H and O–H groups in total. The minimum atomic E-state index is -1.19. The van der Waals surface area contributed by atoms with Crippen LogP contribution in [0.5, 0.6) is 0 Å². The molecule has 0 fully saturated rings. The number of nitrogens with zero attached hydrogens (tertiary/aromatic N) is 1. The van der Waals surface area contributed by atoms with E-state index in [0.717, 1.165) is 0 Å². The Bertz CT molecular complexity index is 613. The lowest BCUT2D eigenvalue weighted by molar-refractivity contribution is -0.164. The zero-order chi connectivity index (χ0) is 22.2. The summed E-state index contributed by atoms with van der Waals surface area (Å²) in [5.41, 5.74) is -3.10. The fourth-order valence-corrected chi connectivity index (χ4v) is 3.41. The van der Waals surface area contributed by atoms with Crippen LogP contribution in [0, 0.1) is 28.8 Å². The maximum absolute atomic E-state index is 12.8. The highest BCUT2D eigenvalue weighted by Crippen LogP contribution is 2.45. The second kappa shape index (κ2) is 10.5. The van der Waals surface area contributed by atoms with Gasteiger partial charge in [0.25, 0.3) is 0 Å². The Morgan fingerprint density at radius 1 is 1.00 bits per heavy atom. The van der Waals surface area contributed by atoms with Crippen LogP contribution in [-0.4, -0.2) is 57.2 Å². The van der Waals surface area contributed by atoms with Crippen molar-refractivity contribution in [2.45, 2.75) is 53.9 Å². The molecule has 0 rings (SSSR count). The molecule has 0 aliphatic rings. The Balaban J connectivity index is 0. The van der Waals surface area contributed by atoms with E-state index in [1.807, 2.05) is 32.0 Å². The zero-order valence-corrected chi connectivity index (χ0v) is 18.5. The molecule has 0 amide bonds. The van der Waals surface area contributed by atoms with Crippen molar-refractivity contribution in [3.05, 3.63) is 0 Å². The van der Waals surface area contributed by atoms with Gasteiger partial charge in [-0.3, -0.25) is 14.4 Å². The minimum Gasteiger partial charge on any atom is -0.469 e. The van der Waals surface area contributed by atoms with E-state index >= 15 is 0 Å². The van der Waals surface area contributed by atoms with Gasteiger partial charge in [0, 0.05) is 7.97 Å². The van der Waals surface area contributed by atoms with Crippen LogP contribution in [0.1, 0.15) is 55.3 Å². The van der Waals surface area contributed by atoms with Crippen LogP contribution < -0.4 is 0 Å². The molecule has 2 atom stereocenters. The van der Waals surface area contributed by atoms with Crippen molar-refractivity contribution < 1.29 is 30.0 Å². The summed E-state index contributed by atoms with van der Waals surface area (Å²) < 4.78 is 15.1. The normalized spacial score (nSPS) is 15.7. The van der Waals surface area contributed by atoms with Gasteiger partial charge in [0.05, 0.1) is 23.4 Å². The molecule has 0 heterocycles. The van der Waals surface area contributed by atoms with Crippen LogP contribution in [0.3, 0.4) is 0 Å². The van der Waals surface area contributed by atoms with Crippen molar-refractivity contribution in [3.63, 3.8) is 0 Å². The molecule has 28 heavy (non-hydrogen) atoms. The fraction of sp³-hybridized carbons (Fsp3) is 0.762. The highest BCUT2D eigenvalue weighted by Gasteiger charge is 2.49. The predicted octanol–water partition coefficient (Wildman–Crippen LogP) is 2.87. The summed E-state index contributed by atoms with van der Waals surface area (Å²) in [4.78, 5) is 39.5. The second-order valence-electron chi connectivity index (χ2n) is 8.65. The first-order chi connectivity index (χ1) is 12.8. The maximum Gasteiger partial charge on any atom is 0.325 e. The van der Waals surface area contributed by atoms with E-state index in [-0.39, 0.29) is 20.9 Å². The fourth-order valence-electron chi connectivity index (χ4n) is 3.41. The van der Waals surface area contributed by atoms with E-state index in [9.17, 15) is 14.4 Å². The molecular weight excluding hydrogens is 362 g/mol. The quantitative estimate of drug-likeness (QED) is 0.300. The largest absolute Gasteiger partial charge is 0.469 e. The van der Waals surface area contributed by atoms with E-state index in [1.54, 1.807) is 27.7 Å². The Morgan fingerprint density at radius 2 is 1.57 bits per heavy atom. The van der Waals surface area contributed by atoms with E-state index < -0.39 is 34.2 Å². The van der Waals surface area contributed by atoms with Crippen molar-refractivity contribution in [1.82, 2.24) is 4.90 Å². The van der Waals surface area contributed by atoms with E-state index in [4.69, 9.17) is 20.6 Å². The van der Waals surface area contributed by atoms with Crippen LogP contribution in [0.25, 0.3) is 0 Å². The van der Waals surface area contributed by atoms with Crippen molar-refractivity contribution in [2.24, 2.45) is 16.2 Å². The zero-order valence-electron chi connectivity index (χ0n) is 18.5. The van der Waals surface area contributed by atoms with Gasteiger partial charge in [-0.15, -0.1) is 0 Å². The first-order valence-corrected chi connectivity index (χ1v) is 9.35. The van der Waals surface area contributed by atoms with E-state index in [1.165, 1.54) is 7.11 Å². The number of esters is 3. The summed E-state index contributed by atoms with van der Waals surface area (Å²) in [6.07, 6.45) is 7.72. The van der Waals surface area contributed by atoms with Crippen LogP contribution in [0.15, 0.2) is 0 Å². The minimum absolute atomic E-state index is 0. The topological polar surface area (TPSA) is 82.1 Å². The molecule has 2 unspecified atom stereocenters. The van der Waals surface area contributed by atoms with Gasteiger partial charge in [-0.1, -0.05) is 13.3 Å². The van der Waals surface area contributed by atoms with Crippen LogP contribution >= 0.6 is 0 Å². The third-order valence-corrected chi connectivity index (χ3v) is 5.04. The summed E-state index contributed by atoms with van der Waals surface area (Å²) in [7, 11) is 5.06. The van der Waals surface area contributed by atoms with Crippen LogP contribution in [0.2, 0.25) is 0 Å². The predicted molar refractivity (Wildman–Crippen MR) is 108 cm³/mol. The molecule has 0 aromatic heterocycles. The lowest BCUT2D eigenvalue weighted by atomic mass is 9.65.